The largest absolute Gasteiger partial charge is 0.491 e. The van der Waals surface area contributed by atoms with E-state index in [1.165, 1.54) is 0 Å². The molecular formula is C30H39N7O4. The van der Waals surface area contributed by atoms with E-state index in [0.717, 1.165) is 30.5 Å². The average Bonchev–Trinajstić information content (AvgIpc) is 3.41. The molecule has 11 nitrogen and oxygen atoms in total. The Kier molecular flexibility index (Phi) is 10.4. The average molecular weight is 562 g/mol. The first-order valence-corrected chi connectivity index (χ1v) is 14.0. The first-order chi connectivity index (χ1) is 19.8. The van der Waals surface area contributed by atoms with Crippen LogP contribution in [0.25, 0.3) is 0 Å². The Morgan fingerprint density at radius 3 is 2.59 bits per heavy atom. The molecule has 0 saturated carbocycles. The number of rotatable bonds is 7. The van der Waals surface area contributed by atoms with Gasteiger partial charge in [-0.2, -0.15) is 0 Å². The third-order valence-electron chi connectivity index (χ3n) is 6.87. The van der Waals surface area contributed by atoms with Gasteiger partial charge in [0.05, 0.1) is 24.8 Å². The molecule has 0 saturated heterocycles. The van der Waals surface area contributed by atoms with Crippen LogP contribution in [0.5, 0.6) is 5.75 Å². The molecule has 2 bridgehead atoms. The van der Waals surface area contributed by atoms with Crippen molar-refractivity contribution in [1.29, 1.82) is 0 Å². The first-order valence-electron chi connectivity index (χ1n) is 14.0. The second-order valence-corrected chi connectivity index (χ2v) is 10.6. The van der Waals surface area contributed by atoms with Crippen molar-refractivity contribution in [1.82, 2.24) is 35.8 Å². The molecule has 1 aliphatic heterocycles. The predicted octanol–water partition coefficient (Wildman–Crippen LogP) is 1.85. The summed E-state index contributed by atoms with van der Waals surface area (Å²) < 4.78 is 7.59. The number of benzene rings is 2. The lowest BCUT2D eigenvalue weighted by Crippen LogP contribution is -2.54. The number of hydrogen-bond donors (Lipinski definition) is 3. The lowest BCUT2D eigenvalue weighted by Gasteiger charge is -2.24. The number of amides is 3. The van der Waals surface area contributed by atoms with Crippen molar-refractivity contribution in [2.24, 2.45) is 0 Å². The highest BCUT2D eigenvalue weighted by molar-refractivity contribution is 6.00. The molecule has 0 unspecified atom stereocenters. The number of hydrogen-bond acceptors (Lipinski definition) is 7. The summed E-state index contributed by atoms with van der Waals surface area (Å²) in [7, 11) is 3.99. The van der Waals surface area contributed by atoms with Crippen molar-refractivity contribution >= 4 is 17.7 Å². The van der Waals surface area contributed by atoms with Crippen LogP contribution in [-0.4, -0.2) is 76.9 Å². The van der Waals surface area contributed by atoms with Gasteiger partial charge in [0.1, 0.15) is 30.1 Å². The highest BCUT2D eigenvalue weighted by atomic mass is 16.5. The van der Waals surface area contributed by atoms with Gasteiger partial charge in [-0.25, -0.2) is 4.68 Å². The molecule has 218 valence electrons. The summed E-state index contributed by atoms with van der Waals surface area (Å²) in [6, 6.07) is 13.2. The van der Waals surface area contributed by atoms with Gasteiger partial charge in [-0.1, -0.05) is 47.2 Å². The van der Waals surface area contributed by atoms with Crippen LogP contribution in [0.1, 0.15) is 46.4 Å². The van der Waals surface area contributed by atoms with Gasteiger partial charge in [0.2, 0.25) is 11.8 Å². The molecule has 0 aliphatic carbocycles. The first kappa shape index (κ1) is 29.7. The summed E-state index contributed by atoms with van der Waals surface area (Å²) in [5.74, 6) is -0.746. The van der Waals surface area contributed by atoms with E-state index in [9.17, 15) is 14.4 Å². The van der Waals surface area contributed by atoms with Crippen LogP contribution >= 0.6 is 0 Å². The maximum absolute atomic E-state index is 13.7. The third kappa shape index (κ3) is 8.87. The monoisotopic (exact) mass is 561 g/mol. The van der Waals surface area contributed by atoms with Crippen LogP contribution in [0, 0.1) is 6.92 Å². The summed E-state index contributed by atoms with van der Waals surface area (Å²) in [6.45, 7) is 3.58. The Labute approximate surface area is 240 Å². The zero-order valence-electron chi connectivity index (χ0n) is 23.9. The van der Waals surface area contributed by atoms with Gasteiger partial charge in [0.15, 0.2) is 0 Å². The zero-order valence-corrected chi connectivity index (χ0v) is 23.9. The summed E-state index contributed by atoms with van der Waals surface area (Å²) in [4.78, 5) is 42.7. The van der Waals surface area contributed by atoms with E-state index in [4.69, 9.17) is 4.74 Å². The van der Waals surface area contributed by atoms with E-state index < -0.39 is 23.9 Å². The molecule has 2 atom stereocenters. The number of aryl methyl sites for hydroxylation is 1. The van der Waals surface area contributed by atoms with Crippen molar-refractivity contribution in [2.45, 2.75) is 57.8 Å². The van der Waals surface area contributed by atoms with Crippen LogP contribution in [0.4, 0.5) is 0 Å². The number of fused-ring (bicyclic) bond motifs is 3. The number of ether oxygens (including phenoxy) is 1. The Hall–Kier alpha value is -4.25. The standard InChI is InChI=1S/C30H39N7O4/c1-21-12-13-27-24(17-21)28(38)32-25(11-7-8-14-36(2)3)30(40)33-26(18-22-9-5-4-6-10-22)29(39)31-19-23-20-37(35-34-23)15-16-41-27/h4-6,9-10,12-13,17,20,25-26H,7-8,11,14-16,18-19H2,1-3H3,(H,31,39)(H,32,38)(H,33,40)/t25-,26-/m0/s1. The molecular weight excluding hydrogens is 522 g/mol. The Bertz CT molecular complexity index is 1330. The van der Waals surface area contributed by atoms with Crippen molar-refractivity contribution in [3.05, 3.63) is 77.1 Å². The van der Waals surface area contributed by atoms with Gasteiger partial charge in [-0.3, -0.25) is 14.4 Å². The summed E-state index contributed by atoms with van der Waals surface area (Å²) in [5.41, 5.74) is 2.72. The number of nitrogens with zero attached hydrogens (tertiary/aromatic N) is 4. The molecule has 41 heavy (non-hydrogen) atoms. The Morgan fingerprint density at radius 2 is 1.80 bits per heavy atom. The fourth-order valence-corrected chi connectivity index (χ4v) is 4.64. The van der Waals surface area contributed by atoms with Crippen LogP contribution in [0.2, 0.25) is 0 Å². The molecule has 11 heteroatoms. The number of unbranched alkanes of at least 4 members (excludes halogenated alkanes) is 1. The lowest BCUT2D eigenvalue weighted by atomic mass is 10.0. The van der Waals surface area contributed by atoms with Gasteiger partial charge in [-0.05, 0) is 64.5 Å². The highest BCUT2D eigenvalue weighted by Crippen LogP contribution is 2.21. The van der Waals surface area contributed by atoms with Crippen LogP contribution in [0.15, 0.2) is 54.7 Å². The second kappa shape index (κ2) is 14.4. The number of nitrogens with one attached hydrogen (secondary N) is 3. The molecule has 2 aromatic carbocycles. The van der Waals surface area contributed by atoms with E-state index in [2.05, 4.69) is 31.2 Å². The van der Waals surface area contributed by atoms with E-state index in [0.29, 0.717) is 36.4 Å². The van der Waals surface area contributed by atoms with Crippen molar-refractivity contribution in [2.75, 3.05) is 27.2 Å². The Morgan fingerprint density at radius 1 is 1.00 bits per heavy atom. The lowest BCUT2D eigenvalue weighted by molar-refractivity contribution is -0.130. The van der Waals surface area contributed by atoms with E-state index in [1.807, 2.05) is 57.4 Å². The van der Waals surface area contributed by atoms with E-state index in [-0.39, 0.29) is 19.1 Å². The Balaban J connectivity index is 1.63. The number of aromatic nitrogens is 3. The molecule has 3 amide bonds. The molecule has 2 heterocycles. The van der Waals surface area contributed by atoms with Gasteiger partial charge >= 0.3 is 0 Å². The fourth-order valence-electron chi connectivity index (χ4n) is 4.64. The summed E-state index contributed by atoms with van der Waals surface area (Å²) >= 11 is 0. The number of carbonyl (C=O) groups is 3. The zero-order chi connectivity index (χ0) is 29.2. The second-order valence-electron chi connectivity index (χ2n) is 10.6. The SMILES string of the molecule is Cc1ccc2c(c1)C(=O)N[C@@H](CCCCN(C)C)C(=O)N[C@@H](Cc1ccccc1)C(=O)NCc1cn(nn1)CCO2. The van der Waals surface area contributed by atoms with E-state index >= 15 is 0 Å². The molecule has 0 radical (unpaired) electrons. The van der Waals surface area contributed by atoms with E-state index in [1.54, 1.807) is 23.0 Å². The topological polar surface area (TPSA) is 130 Å². The molecule has 1 aliphatic rings. The molecule has 0 spiro atoms. The van der Waals surface area contributed by atoms with Crippen LogP contribution < -0.4 is 20.7 Å². The van der Waals surface area contributed by atoms with Crippen LogP contribution in [0.3, 0.4) is 0 Å². The minimum Gasteiger partial charge on any atom is -0.491 e. The smallest absolute Gasteiger partial charge is 0.255 e. The molecule has 3 N–H and O–H groups in total. The van der Waals surface area contributed by atoms with Crippen molar-refractivity contribution in [3.8, 4) is 5.75 Å². The predicted molar refractivity (Wildman–Crippen MR) is 154 cm³/mol. The van der Waals surface area contributed by atoms with Gasteiger partial charge < -0.3 is 25.6 Å². The maximum atomic E-state index is 13.7. The quantitative estimate of drug-likeness (QED) is 0.376. The molecule has 0 fully saturated rings. The van der Waals surface area contributed by atoms with Crippen molar-refractivity contribution in [3.63, 3.8) is 0 Å². The van der Waals surface area contributed by atoms with Crippen LogP contribution in [-0.2, 0) is 29.1 Å². The third-order valence-corrected chi connectivity index (χ3v) is 6.87. The summed E-state index contributed by atoms with van der Waals surface area (Å²) in [6.07, 6.45) is 4.04. The van der Waals surface area contributed by atoms with Gasteiger partial charge in [-0.15, -0.1) is 5.10 Å². The highest BCUT2D eigenvalue weighted by Gasteiger charge is 2.28. The molecule has 1 aromatic heterocycles. The maximum Gasteiger partial charge on any atom is 0.255 e. The number of carbonyl (C=O) groups excluding carboxylic acids is 3. The minimum absolute atomic E-state index is 0.160. The normalized spacial score (nSPS) is 18.5. The molecule has 3 aromatic rings. The minimum atomic E-state index is -0.852. The van der Waals surface area contributed by atoms with Crippen molar-refractivity contribution < 1.29 is 19.1 Å². The van der Waals surface area contributed by atoms with Gasteiger partial charge in [0.25, 0.3) is 5.91 Å². The fraction of sp³-hybridized carbons (Fsp3) is 0.433. The molecule has 4 rings (SSSR count). The summed E-state index contributed by atoms with van der Waals surface area (Å²) in [5, 5.41) is 17.0. The van der Waals surface area contributed by atoms with Gasteiger partial charge in [0, 0.05) is 6.42 Å².